The Balaban J connectivity index is 1.58. The van der Waals surface area contributed by atoms with Crippen LogP contribution in [-0.4, -0.2) is 46.5 Å². The van der Waals surface area contributed by atoms with Crippen molar-refractivity contribution in [3.05, 3.63) is 96.7 Å². The van der Waals surface area contributed by atoms with Gasteiger partial charge in [-0.05, 0) is 42.3 Å². The summed E-state index contributed by atoms with van der Waals surface area (Å²) in [6.45, 7) is 4.38. The fraction of sp³-hybridized carbons (Fsp3) is 0.207. The van der Waals surface area contributed by atoms with E-state index in [4.69, 9.17) is 9.72 Å². The Morgan fingerprint density at radius 1 is 0.944 bits per heavy atom. The second-order valence-electron chi connectivity index (χ2n) is 8.88. The quantitative estimate of drug-likeness (QED) is 0.352. The fourth-order valence-corrected chi connectivity index (χ4v) is 3.92. The number of para-hydroxylation sites is 1. The highest BCUT2D eigenvalue weighted by molar-refractivity contribution is 5.99. The monoisotopic (exact) mass is 482 g/mol. The standard InChI is InChI=1S/C29H30N4O3/c1-21(2)18-32(28(35)23-14-16-25(36-3)17-15-23)20-27(34)31-29-30-26(22-10-6-4-7-11-22)19-33(29)24-12-8-5-9-13-24/h4-17,19,21H,18,20H2,1-3H3,(H,30,31,34). The molecule has 184 valence electrons. The van der Waals surface area contributed by atoms with Crippen molar-refractivity contribution in [1.29, 1.82) is 0 Å². The summed E-state index contributed by atoms with van der Waals surface area (Å²) in [6, 6.07) is 26.4. The van der Waals surface area contributed by atoms with Crippen LogP contribution in [0, 0.1) is 5.92 Å². The minimum Gasteiger partial charge on any atom is -0.497 e. The molecule has 0 saturated heterocycles. The summed E-state index contributed by atoms with van der Waals surface area (Å²) < 4.78 is 7.03. The maximum Gasteiger partial charge on any atom is 0.254 e. The first-order chi connectivity index (χ1) is 17.4. The predicted octanol–water partition coefficient (Wildman–Crippen LogP) is 5.28. The number of amides is 2. The topological polar surface area (TPSA) is 76.5 Å². The van der Waals surface area contributed by atoms with E-state index < -0.39 is 0 Å². The van der Waals surface area contributed by atoms with E-state index in [1.807, 2.05) is 85.3 Å². The number of hydrogen-bond donors (Lipinski definition) is 1. The van der Waals surface area contributed by atoms with Crippen LogP contribution in [0.3, 0.4) is 0 Å². The van der Waals surface area contributed by atoms with Gasteiger partial charge in [0.15, 0.2) is 0 Å². The van der Waals surface area contributed by atoms with Crippen LogP contribution in [0.25, 0.3) is 16.9 Å². The molecule has 1 heterocycles. The SMILES string of the molecule is COc1ccc(C(=O)N(CC(=O)Nc2nc(-c3ccccc3)cn2-c2ccccc2)CC(C)C)cc1. The normalized spacial score (nSPS) is 10.8. The smallest absolute Gasteiger partial charge is 0.254 e. The van der Waals surface area contributed by atoms with Gasteiger partial charge in [0, 0.05) is 29.6 Å². The van der Waals surface area contributed by atoms with Crippen LogP contribution in [0.5, 0.6) is 5.75 Å². The largest absolute Gasteiger partial charge is 0.497 e. The zero-order valence-corrected chi connectivity index (χ0v) is 20.7. The number of aromatic nitrogens is 2. The minimum absolute atomic E-state index is 0.0919. The van der Waals surface area contributed by atoms with Gasteiger partial charge < -0.3 is 9.64 Å². The van der Waals surface area contributed by atoms with Crippen molar-refractivity contribution in [1.82, 2.24) is 14.5 Å². The molecule has 0 saturated carbocycles. The summed E-state index contributed by atoms with van der Waals surface area (Å²) in [5.41, 5.74) is 3.05. The average Bonchev–Trinajstić information content (AvgIpc) is 3.32. The molecule has 3 aromatic carbocycles. The van der Waals surface area contributed by atoms with Gasteiger partial charge in [-0.3, -0.25) is 19.5 Å². The fourth-order valence-electron chi connectivity index (χ4n) is 3.92. The number of carbonyl (C=O) groups excluding carboxylic acids is 2. The lowest BCUT2D eigenvalue weighted by atomic mass is 10.1. The summed E-state index contributed by atoms with van der Waals surface area (Å²) in [5, 5.41) is 2.93. The molecule has 0 aliphatic rings. The zero-order chi connectivity index (χ0) is 25.5. The number of nitrogens with zero attached hydrogens (tertiary/aromatic N) is 3. The van der Waals surface area contributed by atoms with Crippen LogP contribution in [0.15, 0.2) is 91.1 Å². The number of anilines is 1. The van der Waals surface area contributed by atoms with E-state index in [1.165, 1.54) is 0 Å². The molecule has 7 heteroatoms. The first kappa shape index (κ1) is 24.7. The number of carbonyl (C=O) groups is 2. The van der Waals surface area contributed by atoms with Crippen molar-refractivity contribution in [2.24, 2.45) is 5.92 Å². The number of nitrogens with one attached hydrogen (secondary N) is 1. The maximum absolute atomic E-state index is 13.2. The van der Waals surface area contributed by atoms with Crippen molar-refractivity contribution in [3.63, 3.8) is 0 Å². The van der Waals surface area contributed by atoms with Gasteiger partial charge in [-0.1, -0.05) is 62.4 Å². The van der Waals surface area contributed by atoms with Gasteiger partial charge in [0.25, 0.3) is 5.91 Å². The van der Waals surface area contributed by atoms with E-state index in [2.05, 4.69) is 5.32 Å². The van der Waals surface area contributed by atoms with Crippen molar-refractivity contribution < 1.29 is 14.3 Å². The summed E-state index contributed by atoms with van der Waals surface area (Å²) in [6.07, 6.45) is 1.90. The highest BCUT2D eigenvalue weighted by Crippen LogP contribution is 2.24. The number of imidazole rings is 1. The summed E-state index contributed by atoms with van der Waals surface area (Å²) >= 11 is 0. The number of hydrogen-bond acceptors (Lipinski definition) is 4. The number of methoxy groups -OCH3 is 1. The first-order valence-electron chi connectivity index (χ1n) is 11.9. The molecule has 0 radical (unpaired) electrons. The number of ether oxygens (including phenoxy) is 1. The number of rotatable bonds is 9. The zero-order valence-electron chi connectivity index (χ0n) is 20.7. The highest BCUT2D eigenvalue weighted by atomic mass is 16.5. The van der Waals surface area contributed by atoms with Gasteiger partial charge >= 0.3 is 0 Å². The van der Waals surface area contributed by atoms with Crippen LogP contribution in [-0.2, 0) is 4.79 Å². The van der Waals surface area contributed by atoms with Crippen LogP contribution in [0.1, 0.15) is 24.2 Å². The molecule has 2 amide bonds. The van der Waals surface area contributed by atoms with E-state index in [1.54, 1.807) is 36.3 Å². The van der Waals surface area contributed by atoms with Crippen molar-refractivity contribution in [3.8, 4) is 22.7 Å². The minimum atomic E-state index is -0.320. The Bertz CT molecular complexity index is 1300. The number of benzene rings is 3. The molecule has 4 aromatic rings. The van der Waals surface area contributed by atoms with E-state index in [9.17, 15) is 9.59 Å². The van der Waals surface area contributed by atoms with Crippen LogP contribution in [0.2, 0.25) is 0 Å². The van der Waals surface area contributed by atoms with Gasteiger partial charge in [-0.15, -0.1) is 0 Å². The Labute approximate surface area is 211 Å². The Morgan fingerprint density at radius 3 is 2.19 bits per heavy atom. The molecule has 4 rings (SSSR count). The molecule has 36 heavy (non-hydrogen) atoms. The molecule has 0 aliphatic heterocycles. The Hall–Kier alpha value is -4.39. The lowest BCUT2D eigenvalue weighted by Crippen LogP contribution is -2.40. The first-order valence-corrected chi connectivity index (χ1v) is 11.9. The molecule has 0 unspecified atom stereocenters. The molecule has 1 aromatic heterocycles. The third-order valence-electron chi connectivity index (χ3n) is 5.61. The molecular weight excluding hydrogens is 452 g/mol. The predicted molar refractivity (Wildman–Crippen MR) is 141 cm³/mol. The Kier molecular flexibility index (Phi) is 7.80. The molecule has 0 aliphatic carbocycles. The lowest BCUT2D eigenvalue weighted by molar-refractivity contribution is -0.117. The maximum atomic E-state index is 13.2. The summed E-state index contributed by atoms with van der Waals surface area (Å²) in [7, 11) is 1.58. The van der Waals surface area contributed by atoms with Gasteiger partial charge in [-0.25, -0.2) is 4.98 Å². The molecule has 1 N–H and O–H groups in total. The Morgan fingerprint density at radius 2 is 1.58 bits per heavy atom. The second kappa shape index (κ2) is 11.4. The van der Waals surface area contributed by atoms with Crippen LogP contribution < -0.4 is 10.1 Å². The van der Waals surface area contributed by atoms with Gasteiger partial charge in [-0.2, -0.15) is 0 Å². The van der Waals surface area contributed by atoms with E-state index in [0.29, 0.717) is 23.8 Å². The molecular formula is C29H30N4O3. The molecule has 0 atom stereocenters. The molecule has 7 nitrogen and oxygen atoms in total. The van der Waals surface area contributed by atoms with E-state index in [0.717, 1.165) is 16.9 Å². The van der Waals surface area contributed by atoms with Crippen LogP contribution >= 0.6 is 0 Å². The second-order valence-corrected chi connectivity index (χ2v) is 8.88. The van der Waals surface area contributed by atoms with Crippen molar-refractivity contribution in [2.45, 2.75) is 13.8 Å². The van der Waals surface area contributed by atoms with Crippen LogP contribution in [0.4, 0.5) is 5.95 Å². The molecule has 0 spiro atoms. The third kappa shape index (κ3) is 5.99. The average molecular weight is 483 g/mol. The highest BCUT2D eigenvalue weighted by Gasteiger charge is 2.22. The van der Waals surface area contributed by atoms with Crippen molar-refractivity contribution >= 4 is 17.8 Å². The van der Waals surface area contributed by atoms with Gasteiger partial charge in [0.1, 0.15) is 12.3 Å². The van der Waals surface area contributed by atoms with Gasteiger partial charge in [0.05, 0.1) is 12.8 Å². The van der Waals surface area contributed by atoms with E-state index in [-0.39, 0.29) is 24.3 Å². The summed E-state index contributed by atoms with van der Waals surface area (Å²) in [4.78, 5) is 32.7. The van der Waals surface area contributed by atoms with Crippen molar-refractivity contribution in [2.75, 3.05) is 25.5 Å². The summed E-state index contributed by atoms with van der Waals surface area (Å²) in [5.74, 6) is 0.724. The third-order valence-corrected chi connectivity index (χ3v) is 5.61. The molecule has 0 fully saturated rings. The lowest BCUT2D eigenvalue weighted by Gasteiger charge is -2.24. The van der Waals surface area contributed by atoms with Gasteiger partial charge in [0.2, 0.25) is 11.9 Å². The van der Waals surface area contributed by atoms with E-state index >= 15 is 0 Å². The molecule has 0 bridgehead atoms.